The molecule has 0 radical (unpaired) electrons. The first kappa shape index (κ1) is 22.6. The average molecular weight is 437 g/mol. The van der Waals surface area contributed by atoms with E-state index >= 15 is 0 Å². The van der Waals surface area contributed by atoms with Gasteiger partial charge in [-0.1, -0.05) is 0 Å². The van der Waals surface area contributed by atoms with E-state index in [0.717, 1.165) is 11.3 Å². The molecule has 0 atom stereocenters. The van der Waals surface area contributed by atoms with Crippen LogP contribution in [0.1, 0.15) is 49.8 Å². The van der Waals surface area contributed by atoms with E-state index in [1.54, 1.807) is 38.4 Å². The summed E-state index contributed by atoms with van der Waals surface area (Å²) in [6.45, 7) is 4.23. The number of carbonyl (C=O) groups excluding carboxylic acids is 4. The molecule has 0 aliphatic rings. The van der Waals surface area contributed by atoms with Gasteiger partial charge in [0.15, 0.2) is 12.4 Å². The van der Waals surface area contributed by atoms with E-state index in [1.807, 2.05) is 0 Å². The van der Waals surface area contributed by atoms with Gasteiger partial charge in [0.2, 0.25) is 0 Å². The fourth-order valence-electron chi connectivity index (χ4n) is 2.47. The Balaban J connectivity index is 2.14. The molecule has 29 heavy (non-hydrogen) atoms. The van der Waals surface area contributed by atoms with Crippen molar-refractivity contribution in [3.63, 3.8) is 0 Å². The van der Waals surface area contributed by atoms with Crippen LogP contribution in [0.3, 0.4) is 0 Å². The molecule has 0 unspecified atom stereocenters. The van der Waals surface area contributed by atoms with Crippen LogP contribution >= 0.6 is 23.1 Å². The molecule has 10 heteroatoms. The molecule has 0 spiro atoms. The van der Waals surface area contributed by atoms with Gasteiger partial charge in [0.05, 0.1) is 22.6 Å². The molecule has 2 aromatic heterocycles. The number of aromatic nitrogens is 1. The molecule has 8 nitrogen and oxygen atoms in total. The van der Waals surface area contributed by atoms with E-state index in [9.17, 15) is 19.2 Å². The lowest BCUT2D eigenvalue weighted by molar-refractivity contribution is -0.119. The summed E-state index contributed by atoms with van der Waals surface area (Å²) in [5.41, 5.74) is 0.817. The summed E-state index contributed by atoms with van der Waals surface area (Å²) in [6, 6.07) is 3.15. The van der Waals surface area contributed by atoms with Crippen molar-refractivity contribution in [1.29, 1.82) is 0 Å². The minimum absolute atomic E-state index is 0.124. The van der Waals surface area contributed by atoms with Crippen LogP contribution in [-0.2, 0) is 14.3 Å². The lowest BCUT2D eigenvalue weighted by atomic mass is 10.1. The zero-order valence-corrected chi connectivity index (χ0v) is 18.0. The Morgan fingerprint density at radius 3 is 2.55 bits per heavy atom. The molecule has 0 saturated carbocycles. The number of ether oxygens (including phenoxy) is 2. The van der Waals surface area contributed by atoms with Crippen molar-refractivity contribution in [2.45, 2.75) is 25.8 Å². The van der Waals surface area contributed by atoms with Crippen molar-refractivity contribution in [2.24, 2.45) is 0 Å². The number of nitrogens with zero attached hydrogens (tertiary/aromatic N) is 1. The monoisotopic (exact) mass is 436 g/mol. The van der Waals surface area contributed by atoms with Gasteiger partial charge >= 0.3 is 11.9 Å². The molecular weight excluding hydrogens is 416 g/mol. The smallest absolute Gasteiger partial charge is 0.341 e. The van der Waals surface area contributed by atoms with Gasteiger partial charge in [-0.2, -0.15) is 0 Å². The van der Waals surface area contributed by atoms with Gasteiger partial charge in [0.1, 0.15) is 10.0 Å². The number of esters is 2. The van der Waals surface area contributed by atoms with Crippen LogP contribution in [0.5, 0.6) is 0 Å². The summed E-state index contributed by atoms with van der Waals surface area (Å²) >= 11 is 2.26. The number of hydrogen-bond acceptors (Lipinski definition) is 9. The zero-order chi connectivity index (χ0) is 21.6. The van der Waals surface area contributed by atoms with Crippen LogP contribution in [0, 0.1) is 6.92 Å². The minimum Gasteiger partial charge on any atom is -0.462 e. The Morgan fingerprint density at radius 2 is 1.93 bits per heavy atom. The Bertz CT molecular complexity index is 954. The van der Waals surface area contributed by atoms with E-state index in [2.05, 4.69) is 10.3 Å². The molecule has 2 rings (SSSR count). The number of pyridine rings is 1. The Labute approximate surface area is 176 Å². The zero-order valence-electron chi connectivity index (χ0n) is 16.4. The molecule has 0 aliphatic carbocycles. The Kier molecular flexibility index (Phi) is 7.91. The predicted molar refractivity (Wildman–Crippen MR) is 110 cm³/mol. The van der Waals surface area contributed by atoms with Gasteiger partial charge in [0, 0.05) is 6.20 Å². The first-order valence-electron chi connectivity index (χ1n) is 8.57. The Hall–Kier alpha value is -2.72. The van der Waals surface area contributed by atoms with Crippen LogP contribution in [-0.4, -0.2) is 48.1 Å². The van der Waals surface area contributed by atoms with Gasteiger partial charge in [0.25, 0.3) is 5.91 Å². The lowest BCUT2D eigenvalue weighted by Gasteiger charge is -2.09. The molecule has 0 aliphatic heterocycles. The topological polar surface area (TPSA) is 112 Å². The third-order valence-electron chi connectivity index (χ3n) is 3.72. The molecule has 1 N–H and O–H groups in total. The minimum atomic E-state index is -0.685. The lowest BCUT2D eigenvalue weighted by Crippen LogP contribution is -2.22. The molecule has 2 heterocycles. The van der Waals surface area contributed by atoms with Crippen molar-refractivity contribution in [2.75, 3.05) is 24.8 Å². The summed E-state index contributed by atoms with van der Waals surface area (Å²) < 4.78 is 10.1. The maximum absolute atomic E-state index is 12.3. The number of thiophene rings is 1. The SMILES string of the molecule is CCOC(=O)c1c(NC(=O)COC(=O)c2cccnc2SC)sc(C(C)=O)c1C. The molecule has 0 aromatic carbocycles. The van der Waals surface area contributed by atoms with E-state index in [4.69, 9.17) is 9.47 Å². The van der Waals surface area contributed by atoms with Crippen molar-refractivity contribution in [3.8, 4) is 0 Å². The first-order valence-corrected chi connectivity index (χ1v) is 10.6. The first-order chi connectivity index (χ1) is 13.8. The highest BCUT2D eigenvalue weighted by atomic mass is 32.2. The molecule has 2 aromatic rings. The van der Waals surface area contributed by atoms with Gasteiger partial charge in [-0.3, -0.25) is 9.59 Å². The summed E-state index contributed by atoms with van der Waals surface area (Å²) in [4.78, 5) is 53.0. The highest BCUT2D eigenvalue weighted by Crippen LogP contribution is 2.34. The maximum atomic E-state index is 12.3. The van der Waals surface area contributed by atoms with E-state index in [1.165, 1.54) is 18.7 Å². The van der Waals surface area contributed by atoms with Crippen molar-refractivity contribution in [1.82, 2.24) is 4.98 Å². The summed E-state index contributed by atoms with van der Waals surface area (Å²) in [5, 5.41) is 3.20. The fourth-order valence-corrected chi connectivity index (χ4v) is 4.11. The van der Waals surface area contributed by atoms with Gasteiger partial charge in [-0.25, -0.2) is 14.6 Å². The normalized spacial score (nSPS) is 10.3. The predicted octanol–water partition coefficient (Wildman–Crippen LogP) is 3.35. The highest BCUT2D eigenvalue weighted by Gasteiger charge is 2.25. The maximum Gasteiger partial charge on any atom is 0.341 e. The summed E-state index contributed by atoms with van der Waals surface area (Å²) in [6.07, 6.45) is 3.33. The standard InChI is InChI=1S/C19H20N2O6S2/c1-5-26-19(25)14-10(2)15(11(3)22)29-17(14)21-13(23)9-27-18(24)12-7-6-8-20-16(12)28-4/h6-8H,5,9H2,1-4H3,(H,21,23). The number of Topliss-reactive ketones (excluding diaryl/α,β-unsaturated/α-hetero) is 1. The van der Waals surface area contributed by atoms with Crippen LogP contribution < -0.4 is 5.32 Å². The van der Waals surface area contributed by atoms with Crippen LogP contribution in [0.15, 0.2) is 23.4 Å². The number of anilines is 1. The van der Waals surface area contributed by atoms with Crippen molar-refractivity contribution in [3.05, 3.63) is 39.9 Å². The molecule has 154 valence electrons. The van der Waals surface area contributed by atoms with E-state index < -0.39 is 24.5 Å². The van der Waals surface area contributed by atoms with Crippen LogP contribution in [0.25, 0.3) is 0 Å². The van der Waals surface area contributed by atoms with Gasteiger partial charge in [-0.15, -0.1) is 23.1 Å². The van der Waals surface area contributed by atoms with E-state index in [-0.39, 0.29) is 28.5 Å². The quantitative estimate of drug-likeness (QED) is 0.381. The van der Waals surface area contributed by atoms with Gasteiger partial charge in [-0.05, 0) is 44.7 Å². The second-order valence-electron chi connectivity index (χ2n) is 5.72. The summed E-state index contributed by atoms with van der Waals surface area (Å²) in [7, 11) is 0. The van der Waals surface area contributed by atoms with Gasteiger partial charge < -0.3 is 14.8 Å². The number of nitrogens with one attached hydrogen (secondary N) is 1. The number of carbonyl (C=O) groups is 4. The number of ketones is 1. The van der Waals surface area contributed by atoms with Crippen molar-refractivity contribution < 1.29 is 28.7 Å². The molecule has 0 saturated heterocycles. The number of thioether (sulfide) groups is 1. The molecule has 1 amide bonds. The largest absolute Gasteiger partial charge is 0.462 e. The molecule has 0 bridgehead atoms. The molecular formula is C19H20N2O6S2. The highest BCUT2D eigenvalue weighted by molar-refractivity contribution is 7.98. The fraction of sp³-hybridized carbons (Fsp3) is 0.316. The number of hydrogen-bond donors (Lipinski definition) is 1. The van der Waals surface area contributed by atoms with E-state index in [0.29, 0.717) is 15.5 Å². The second-order valence-corrected chi connectivity index (χ2v) is 7.54. The summed E-state index contributed by atoms with van der Waals surface area (Å²) in [5.74, 6) is -2.20. The third kappa shape index (κ3) is 5.42. The second kappa shape index (κ2) is 10.2. The molecule has 0 fully saturated rings. The Morgan fingerprint density at radius 1 is 1.21 bits per heavy atom. The van der Waals surface area contributed by atoms with Crippen LogP contribution in [0.4, 0.5) is 5.00 Å². The third-order valence-corrected chi connectivity index (χ3v) is 5.74. The number of rotatable bonds is 8. The van der Waals surface area contributed by atoms with Crippen molar-refractivity contribution >= 4 is 51.7 Å². The average Bonchev–Trinajstić information content (AvgIpc) is 3.02. The van der Waals surface area contributed by atoms with Crippen LogP contribution in [0.2, 0.25) is 0 Å². The number of amides is 1.